The van der Waals surface area contributed by atoms with Crippen molar-refractivity contribution in [3.63, 3.8) is 0 Å². The average molecular weight is 258 g/mol. The van der Waals surface area contributed by atoms with Crippen molar-refractivity contribution in [2.24, 2.45) is 0 Å². The molecule has 0 aliphatic carbocycles. The zero-order valence-electron chi connectivity index (χ0n) is 11.6. The van der Waals surface area contributed by atoms with E-state index in [0.29, 0.717) is 6.61 Å². The van der Waals surface area contributed by atoms with E-state index in [9.17, 15) is 0 Å². The van der Waals surface area contributed by atoms with Crippen molar-refractivity contribution in [3.05, 3.63) is 0 Å². The van der Waals surface area contributed by atoms with Crippen molar-refractivity contribution >= 4 is 0 Å². The predicted octanol–water partition coefficient (Wildman–Crippen LogP) is 1.45. The van der Waals surface area contributed by atoms with Gasteiger partial charge in [-0.3, -0.25) is 0 Å². The lowest BCUT2D eigenvalue weighted by atomic mass is 10.1. The van der Waals surface area contributed by atoms with Crippen molar-refractivity contribution < 1.29 is 23.7 Å². The Morgan fingerprint density at radius 2 is 1.50 bits per heavy atom. The van der Waals surface area contributed by atoms with Gasteiger partial charge in [-0.1, -0.05) is 0 Å². The van der Waals surface area contributed by atoms with Crippen molar-refractivity contribution in [1.82, 2.24) is 0 Å². The molecule has 104 valence electrons. The first-order valence-electron chi connectivity index (χ1n) is 6.60. The minimum absolute atomic E-state index is 0.0164. The highest BCUT2D eigenvalue weighted by atomic mass is 16.8. The molecule has 3 heterocycles. The predicted molar refractivity (Wildman–Crippen MR) is 63.1 cm³/mol. The fourth-order valence-corrected chi connectivity index (χ4v) is 3.01. The number of rotatable bonds is 1. The Morgan fingerprint density at radius 1 is 0.833 bits per heavy atom. The lowest BCUT2D eigenvalue weighted by molar-refractivity contribution is -0.204. The first-order valence-corrected chi connectivity index (χ1v) is 6.60. The van der Waals surface area contributed by atoms with Gasteiger partial charge < -0.3 is 23.7 Å². The smallest absolute Gasteiger partial charge is 0.164 e. The molecular weight excluding hydrogens is 236 g/mol. The third kappa shape index (κ3) is 2.08. The molecule has 3 aliphatic heterocycles. The molecule has 0 saturated carbocycles. The van der Waals surface area contributed by atoms with Crippen molar-refractivity contribution in [2.75, 3.05) is 6.61 Å². The summed E-state index contributed by atoms with van der Waals surface area (Å²) in [6.45, 7) is 10.3. The van der Waals surface area contributed by atoms with Crippen LogP contribution in [-0.2, 0) is 23.7 Å². The van der Waals surface area contributed by atoms with E-state index < -0.39 is 11.6 Å². The highest BCUT2D eigenvalue weighted by molar-refractivity contribution is 5.00. The Kier molecular flexibility index (Phi) is 2.78. The maximum Gasteiger partial charge on any atom is 0.164 e. The third-order valence-electron chi connectivity index (χ3n) is 3.72. The van der Waals surface area contributed by atoms with E-state index in [1.165, 1.54) is 0 Å². The standard InChI is InChI=1S/C13H22O5/c1-7-9-11(18-13(4,5)17-9)10(15-7)8-6-14-12(2,3)16-8/h7-11H,6H2,1-5H3/t7?,8-,9-,10-,11-/m1/s1. The normalized spacial score (nSPS) is 49.5. The maximum absolute atomic E-state index is 5.95. The molecule has 3 rings (SSSR count). The second-order valence-electron chi connectivity index (χ2n) is 6.24. The SMILES string of the molecule is CC1O[C@H]([C@H]2COC(C)(C)O2)[C@@H]2OC(C)(C)O[C@H]12. The molecule has 3 fully saturated rings. The highest BCUT2D eigenvalue weighted by Gasteiger charge is 2.57. The molecule has 0 bridgehead atoms. The molecule has 0 amide bonds. The third-order valence-corrected chi connectivity index (χ3v) is 3.72. The van der Waals surface area contributed by atoms with E-state index in [2.05, 4.69) is 0 Å². The zero-order valence-corrected chi connectivity index (χ0v) is 11.6. The van der Waals surface area contributed by atoms with Gasteiger partial charge >= 0.3 is 0 Å². The summed E-state index contributed by atoms with van der Waals surface area (Å²) in [5, 5.41) is 0. The summed E-state index contributed by atoms with van der Waals surface area (Å²) in [4.78, 5) is 0. The summed E-state index contributed by atoms with van der Waals surface area (Å²) < 4.78 is 29.3. The summed E-state index contributed by atoms with van der Waals surface area (Å²) >= 11 is 0. The molecule has 0 aromatic rings. The molecular formula is C13H22O5. The van der Waals surface area contributed by atoms with Gasteiger partial charge in [-0.2, -0.15) is 0 Å². The van der Waals surface area contributed by atoms with E-state index in [0.717, 1.165) is 0 Å². The lowest BCUT2D eigenvalue weighted by Gasteiger charge is -2.26. The van der Waals surface area contributed by atoms with Gasteiger partial charge in [0.2, 0.25) is 0 Å². The van der Waals surface area contributed by atoms with Gasteiger partial charge in [-0.05, 0) is 34.6 Å². The zero-order chi connectivity index (χ0) is 13.1. The van der Waals surface area contributed by atoms with Crippen LogP contribution in [0, 0.1) is 0 Å². The van der Waals surface area contributed by atoms with Gasteiger partial charge in [-0.25, -0.2) is 0 Å². The Bertz CT molecular complexity index is 340. The topological polar surface area (TPSA) is 46.2 Å². The Labute approximate surface area is 108 Å². The molecule has 18 heavy (non-hydrogen) atoms. The summed E-state index contributed by atoms with van der Waals surface area (Å²) in [6.07, 6.45) is -0.271. The lowest BCUT2D eigenvalue weighted by Crippen LogP contribution is -2.40. The highest BCUT2D eigenvalue weighted by Crippen LogP contribution is 2.41. The first-order chi connectivity index (χ1) is 8.27. The molecule has 0 aromatic heterocycles. The average Bonchev–Trinajstić information content (AvgIpc) is 2.81. The Hall–Kier alpha value is -0.200. The van der Waals surface area contributed by atoms with Gasteiger partial charge in [0.1, 0.15) is 24.4 Å². The Balaban J connectivity index is 1.75. The van der Waals surface area contributed by atoms with Crippen LogP contribution in [-0.4, -0.2) is 48.7 Å². The van der Waals surface area contributed by atoms with Crippen LogP contribution in [0.4, 0.5) is 0 Å². The van der Waals surface area contributed by atoms with Crippen LogP contribution in [0.2, 0.25) is 0 Å². The summed E-state index contributed by atoms with van der Waals surface area (Å²) in [7, 11) is 0. The van der Waals surface area contributed by atoms with Gasteiger partial charge in [0, 0.05) is 0 Å². The van der Waals surface area contributed by atoms with Crippen LogP contribution in [0.15, 0.2) is 0 Å². The molecule has 0 aromatic carbocycles. The fourth-order valence-electron chi connectivity index (χ4n) is 3.01. The molecule has 5 heteroatoms. The summed E-state index contributed by atoms with van der Waals surface area (Å²) in [6, 6.07) is 0. The monoisotopic (exact) mass is 258 g/mol. The van der Waals surface area contributed by atoms with Crippen LogP contribution >= 0.6 is 0 Å². The molecule has 5 atom stereocenters. The van der Waals surface area contributed by atoms with Crippen LogP contribution in [0.25, 0.3) is 0 Å². The van der Waals surface area contributed by atoms with E-state index >= 15 is 0 Å². The van der Waals surface area contributed by atoms with E-state index in [1.54, 1.807) is 0 Å². The molecule has 0 spiro atoms. The molecule has 0 radical (unpaired) electrons. The molecule has 0 N–H and O–H groups in total. The summed E-state index contributed by atoms with van der Waals surface area (Å²) in [5.41, 5.74) is 0. The van der Waals surface area contributed by atoms with E-state index in [1.807, 2.05) is 34.6 Å². The van der Waals surface area contributed by atoms with Crippen LogP contribution in [0.5, 0.6) is 0 Å². The second-order valence-corrected chi connectivity index (χ2v) is 6.24. The largest absolute Gasteiger partial charge is 0.367 e. The summed E-state index contributed by atoms with van der Waals surface area (Å²) in [5.74, 6) is -1.08. The van der Waals surface area contributed by atoms with Gasteiger partial charge in [0.05, 0.1) is 12.7 Å². The maximum atomic E-state index is 5.95. The number of hydrogen-bond acceptors (Lipinski definition) is 5. The molecule has 3 saturated heterocycles. The molecule has 5 nitrogen and oxygen atoms in total. The minimum atomic E-state index is -0.541. The van der Waals surface area contributed by atoms with E-state index in [4.69, 9.17) is 23.7 Å². The van der Waals surface area contributed by atoms with Crippen molar-refractivity contribution in [1.29, 1.82) is 0 Å². The number of hydrogen-bond donors (Lipinski definition) is 0. The van der Waals surface area contributed by atoms with Crippen molar-refractivity contribution in [3.8, 4) is 0 Å². The van der Waals surface area contributed by atoms with Gasteiger partial charge in [0.25, 0.3) is 0 Å². The fraction of sp³-hybridized carbons (Fsp3) is 1.00. The van der Waals surface area contributed by atoms with E-state index in [-0.39, 0.29) is 30.5 Å². The van der Waals surface area contributed by atoms with Gasteiger partial charge in [0.15, 0.2) is 11.6 Å². The van der Waals surface area contributed by atoms with Gasteiger partial charge in [-0.15, -0.1) is 0 Å². The number of fused-ring (bicyclic) bond motifs is 1. The number of ether oxygens (including phenoxy) is 5. The second kappa shape index (κ2) is 3.90. The van der Waals surface area contributed by atoms with Crippen LogP contribution < -0.4 is 0 Å². The first kappa shape index (κ1) is 12.8. The molecule has 3 aliphatic rings. The van der Waals surface area contributed by atoms with Crippen molar-refractivity contribution in [2.45, 2.75) is 76.7 Å². The quantitative estimate of drug-likeness (QED) is 0.712. The minimum Gasteiger partial charge on any atom is -0.367 e. The molecule has 1 unspecified atom stereocenters. The van der Waals surface area contributed by atoms with Crippen LogP contribution in [0.1, 0.15) is 34.6 Å². The Morgan fingerprint density at radius 3 is 2.11 bits per heavy atom. The van der Waals surface area contributed by atoms with Crippen LogP contribution in [0.3, 0.4) is 0 Å².